The number of carbonyl (C=O) groups excluding carboxylic acids is 1. The first kappa shape index (κ1) is 17.8. The van der Waals surface area contributed by atoms with E-state index < -0.39 is 33.9 Å². The van der Waals surface area contributed by atoms with Crippen molar-refractivity contribution >= 4 is 27.7 Å². The van der Waals surface area contributed by atoms with Crippen LogP contribution in [0.1, 0.15) is 30.6 Å². The van der Waals surface area contributed by atoms with Gasteiger partial charge in [0.2, 0.25) is 0 Å². The summed E-state index contributed by atoms with van der Waals surface area (Å²) in [6.07, 6.45) is -6.66. The van der Waals surface area contributed by atoms with E-state index in [1.807, 2.05) is 0 Å². The van der Waals surface area contributed by atoms with Crippen molar-refractivity contribution in [1.82, 2.24) is 0 Å². The second kappa shape index (κ2) is 6.65. The summed E-state index contributed by atoms with van der Waals surface area (Å²) in [5, 5.41) is -1.78. The van der Waals surface area contributed by atoms with Crippen molar-refractivity contribution in [1.29, 1.82) is 0 Å². The molecule has 0 heterocycles. The second-order valence-electron chi connectivity index (χ2n) is 4.16. The van der Waals surface area contributed by atoms with Crippen LogP contribution in [0.5, 0.6) is 0 Å². The highest BCUT2D eigenvalue weighted by molar-refractivity contribution is 7.87. The van der Waals surface area contributed by atoms with Crippen molar-refractivity contribution < 1.29 is 30.6 Å². The third kappa shape index (κ3) is 5.55. The molecule has 1 aromatic rings. The molecule has 0 spiro atoms. The molecule has 0 radical (unpaired) electrons. The Labute approximate surface area is 125 Å². The van der Waals surface area contributed by atoms with Gasteiger partial charge in [0.05, 0.1) is 6.42 Å². The highest BCUT2D eigenvalue weighted by Crippen LogP contribution is 2.36. The zero-order valence-electron chi connectivity index (χ0n) is 10.9. The molecule has 1 rings (SSSR count). The van der Waals surface area contributed by atoms with Gasteiger partial charge in [-0.1, -0.05) is 30.7 Å². The summed E-state index contributed by atoms with van der Waals surface area (Å²) < 4.78 is 65.7. The summed E-state index contributed by atoms with van der Waals surface area (Å²) in [5.41, 5.74) is -0.152. The Hall–Kier alpha value is -1.28. The van der Waals surface area contributed by atoms with Crippen molar-refractivity contribution in [2.75, 3.05) is 0 Å². The third-order valence-electron chi connectivity index (χ3n) is 2.50. The fourth-order valence-electron chi connectivity index (χ4n) is 1.52. The Morgan fingerprint density at radius 1 is 1.29 bits per heavy atom. The van der Waals surface area contributed by atoms with Gasteiger partial charge in [-0.15, -0.1) is 0 Å². The fourth-order valence-corrected chi connectivity index (χ4v) is 3.02. The molecule has 118 valence electrons. The molecule has 0 saturated heterocycles. The molecule has 0 N–H and O–H groups in total. The molecule has 0 saturated carbocycles. The summed E-state index contributed by atoms with van der Waals surface area (Å²) in [5.74, 6) is -1.11. The zero-order valence-corrected chi connectivity index (χ0v) is 12.4. The summed E-state index contributed by atoms with van der Waals surface area (Å²) in [7, 11) is -4.75. The highest BCUT2D eigenvalue weighted by Gasteiger charge is 2.41. The van der Waals surface area contributed by atoms with Gasteiger partial charge in [-0.3, -0.25) is 4.79 Å². The maximum absolute atomic E-state index is 12.6. The van der Waals surface area contributed by atoms with E-state index >= 15 is 0 Å². The number of carbonyl (C=O) groups is 1. The van der Waals surface area contributed by atoms with E-state index in [0.717, 1.165) is 12.1 Å². The van der Waals surface area contributed by atoms with Gasteiger partial charge in [0.15, 0.2) is 0 Å². The quantitative estimate of drug-likeness (QED) is 0.765. The largest absolute Gasteiger partial charge is 0.390 e. The number of alkyl halides is 3. The molecular weight excluding hydrogens is 333 g/mol. The molecular formula is C12H12ClF3O4S. The van der Waals surface area contributed by atoms with Crippen LogP contribution in [0.15, 0.2) is 24.3 Å². The van der Waals surface area contributed by atoms with Crippen LogP contribution in [-0.2, 0) is 19.1 Å². The van der Waals surface area contributed by atoms with Gasteiger partial charge in [-0.25, -0.2) is 0 Å². The first-order valence-corrected chi connectivity index (χ1v) is 7.68. The van der Waals surface area contributed by atoms with Crippen molar-refractivity contribution in [3.63, 3.8) is 0 Å². The molecule has 0 bridgehead atoms. The molecule has 0 aliphatic carbocycles. The summed E-state index contributed by atoms with van der Waals surface area (Å²) in [6.45, 7) is 1.33. The average molecular weight is 345 g/mol. The molecule has 0 aliphatic rings. The van der Waals surface area contributed by atoms with E-state index in [9.17, 15) is 26.4 Å². The van der Waals surface area contributed by atoms with Crippen LogP contribution in [0.4, 0.5) is 13.2 Å². The lowest BCUT2D eigenvalue weighted by atomic mass is 10.1. The van der Waals surface area contributed by atoms with E-state index in [-0.39, 0.29) is 17.0 Å². The molecule has 1 unspecified atom stereocenters. The zero-order chi connectivity index (χ0) is 16.3. The predicted molar refractivity (Wildman–Crippen MR) is 70.2 cm³/mol. The summed E-state index contributed by atoms with van der Waals surface area (Å²) in [4.78, 5) is 11.1. The van der Waals surface area contributed by atoms with Crippen LogP contribution in [0, 0.1) is 0 Å². The molecule has 9 heteroatoms. The molecule has 1 aromatic carbocycles. The standard InChI is InChI=1S/C12H12ClF3O4S/c1-2-11(17)20-21(18,19)10(7-12(14,15)16)8-3-5-9(13)6-4-8/h3-6,10H,2,7H2,1H3. The number of benzene rings is 1. The maximum Gasteiger partial charge on any atom is 0.390 e. The average Bonchev–Trinajstić information content (AvgIpc) is 2.35. The monoisotopic (exact) mass is 344 g/mol. The van der Waals surface area contributed by atoms with Crippen LogP contribution < -0.4 is 0 Å². The van der Waals surface area contributed by atoms with Crippen LogP contribution in [-0.4, -0.2) is 20.6 Å². The molecule has 0 aliphatic heterocycles. The lowest BCUT2D eigenvalue weighted by molar-refractivity contribution is -0.138. The van der Waals surface area contributed by atoms with Crippen molar-refractivity contribution in [3.05, 3.63) is 34.9 Å². The first-order chi connectivity index (χ1) is 9.55. The minimum atomic E-state index is -4.75. The Bertz CT molecular complexity index is 596. The number of halogens is 4. The maximum atomic E-state index is 12.6. The number of hydrogen-bond donors (Lipinski definition) is 0. The van der Waals surface area contributed by atoms with E-state index in [2.05, 4.69) is 4.18 Å². The van der Waals surface area contributed by atoms with Gasteiger partial charge < -0.3 is 4.18 Å². The van der Waals surface area contributed by atoms with Crippen LogP contribution in [0.2, 0.25) is 5.02 Å². The minimum absolute atomic E-state index is 0.152. The molecule has 21 heavy (non-hydrogen) atoms. The smallest absolute Gasteiger partial charge is 0.345 e. The summed E-state index contributed by atoms with van der Waals surface area (Å²) in [6, 6.07) is 4.82. The van der Waals surface area contributed by atoms with Gasteiger partial charge >= 0.3 is 22.3 Å². The first-order valence-electron chi connectivity index (χ1n) is 5.83. The second-order valence-corrected chi connectivity index (χ2v) is 6.32. The minimum Gasteiger partial charge on any atom is -0.345 e. The molecule has 4 nitrogen and oxygen atoms in total. The van der Waals surface area contributed by atoms with Crippen LogP contribution in [0.25, 0.3) is 0 Å². The lowest BCUT2D eigenvalue weighted by Gasteiger charge is -2.19. The highest BCUT2D eigenvalue weighted by atomic mass is 35.5. The van der Waals surface area contributed by atoms with E-state index in [1.54, 1.807) is 0 Å². The van der Waals surface area contributed by atoms with Gasteiger partial charge in [-0.05, 0) is 17.7 Å². The molecule has 0 amide bonds. The number of rotatable bonds is 5. The summed E-state index contributed by atoms with van der Waals surface area (Å²) >= 11 is 5.61. The van der Waals surface area contributed by atoms with Crippen LogP contribution in [0.3, 0.4) is 0 Å². The Kier molecular flexibility index (Phi) is 5.63. The Balaban J connectivity index is 3.19. The Morgan fingerprint density at radius 3 is 2.24 bits per heavy atom. The van der Waals surface area contributed by atoms with Crippen molar-refractivity contribution in [2.24, 2.45) is 0 Å². The normalized spacial score (nSPS) is 13.8. The van der Waals surface area contributed by atoms with Gasteiger partial charge in [0, 0.05) is 11.4 Å². The van der Waals surface area contributed by atoms with Crippen LogP contribution >= 0.6 is 11.6 Å². The topological polar surface area (TPSA) is 60.4 Å². The number of hydrogen-bond acceptors (Lipinski definition) is 4. The van der Waals surface area contributed by atoms with Gasteiger partial charge in [-0.2, -0.15) is 21.6 Å². The SMILES string of the molecule is CCC(=O)OS(=O)(=O)C(CC(F)(F)F)c1ccc(Cl)cc1. The predicted octanol–water partition coefficient (Wildman–Crippen LogP) is 3.62. The molecule has 0 aromatic heterocycles. The fraction of sp³-hybridized carbons (Fsp3) is 0.417. The Morgan fingerprint density at radius 2 is 1.81 bits per heavy atom. The lowest BCUT2D eigenvalue weighted by Crippen LogP contribution is -2.24. The van der Waals surface area contributed by atoms with E-state index in [1.165, 1.54) is 19.1 Å². The van der Waals surface area contributed by atoms with Gasteiger partial charge in [0.1, 0.15) is 5.25 Å². The van der Waals surface area contributed by atoms with E-state index in [4.69, 9.17) is 11.6 Å². The van der Waals surface area contributed by atoms with Gasteiger partial charge in [0.25, 0.3) is 0 Å². The van der Waals surface area contributed by atoms with Crippen molar-refractivity contribution in [3.8, 4) is 0 Å². The molecule has 0 fully saturated rings. The third-order valence-corrected chi connectivity index (χ3v) is 4.31. The molecule has 1 atom stereocenters. The van der Waals surface area contributed by atoms with E-state index in [0.29, 0.717) is 0 Å². The van der Waals surface area contributed by atoms with Crippen molar-refractivity contribution in [2.45, 2.75) is 31.2 Å².